The van der Waals surface area contributed by atoms with E-state index < -0.39 is 0 Å². The maximum absolute atomic E-state index is 12.2. The number of amides is 1. The molecule has 110 valence electrons. The molecule has 1 aliphatic rings. The van der Waals surface area contributed by atoms with Gasteiger partial charge < -0.3 is 10.6 Å². The molecule has 2 rings (SSSR count). The molecule has 2 N–H and O–H groups in total. The lowest BCUT2D eigenvalue weighted by Crippen LogP contribution is -2.47. The van der Waals surface area contributed by atoms with E-state index in [-0.39, 0.29) is 11.9 Å². The molecule has 1 fully saturated rings. The molecule has 0 radical (unpaired) electrons. The third kappa shape index (κ3) is 4.07. The smallest absolute Gasteiger partial charge is 0.241 e. The maximum atomic E-state index is 12.2. The van der Waals surface area contributed by atoms with Crippen LogP contribution in [0.2, 0.25) is 0 Å². The van der Waals surface area contributed by atoms with E-state index in [0.717, 1.165) is 11.3 Å². The summed E-state index contributed by atoms with van der Waals surface area (Å²) in [6.45, 7) is 6.26. The van der Waals surface area contributed by atoms with E-state index in [2.05, 4.69) is 17.6 Å². The normalized spacial score (nSPS) is 24.1. The summed E-state index contributed by atoms with van der Waals surface area (Å²) in [6, 6.07) is 8.24. The molecule has 1 saturated carbocycles. The highest BCUT2D eigenvalue weighted by Crippen LogP contribution is 2.24. The highest BCUT2D eigenvalue weighted by atomic mass is 16.2. The summed E-state index contributed by atoms with van der Waals surface area (Å²) in [4.78, 5) is 12.2. The Balaban J connectivity index is 1.88. The number of nitrogens with one attached hydrogen (secondary N) is 2. The first-order valence-corrected chi connectivity index (χ1v) is 7.70. The van der Waals surface area contributed by atoms with Crippen molar-refractivity contribution < 1.29 is 4.79 Å². The minimum atomic E-state index is -0.152. The van der Waals surface area contributed by atoms with E-state index in [1.54, 1.807) is 0 Å². The number of benzene rings is 1. The van der Waals surface area contributed by atoms with Crippen molar-refractivity contribution in [1.82, 2.24) is 5.32 Å². The number of hydrogen-bond acceptors (Lipinski definition) is 2. The van der Waals surface area contributed by atoms with Crippen LogP contribution >= 0.6 is 0 Å². The Hall–Kier alpha value is -1.35. The van der Waals surface area contributed by atoms with E-state index >= 15 is 0 Å². The van der Waals surface area contributed by atoms with Gasteiger partial charge in [0.25, 0.3) is 0 Å². The Labute approximate surface area is 122 Å². The first-order valence-electron chi connectivity index (χ1n) is 7.70. The summed E-state index contributed by atoms with van der Waals surface area (Å²) in [7, 11) is 0. The molecule has 1 aliphatic carbocycles. The summed E-state index contributed by atoms with van der Waals surface area (Å²) in [5.74, 6) is 0.714. The fraction of sp³-hybridized carbons (Fsp3) is 0.588. The Morgan fingerprint density at radius 1 is 1.30 bits per heavy atom. The van der Waals surface area contributed by atoms with Crippen molar-refractivity contribution in [2.24, 2.45) is 5.92 Å². The number of rotatable bonds is 4. The summed E-state index contributed by atoms with van der Waals surface area (Å²) in [5.41, 5.74) is 2.03. The van der Waals surface area contributed by atoms with Crippen molar-refractivity contribution in [2.75, 3.05) is 5.32 Å². The van der Waals surface area contributed by atoms with Gasteiger partial charge in [0.05, 0.1) is 6.04 Å². The predicted molar refractivity (Wildman–Crippen MR) is 83.8 cm³/mol. The van der Waals surface area contributed by atoms with Gasteiger partial charge in [-0.25, -0.2) is 0 Å². The van der Waals surface area contributed by atoms with Crippen LogP contribution in [0, 0.1) is 12.8 Å². The van der Waals surface area contributed by atoms with Crippen molar-refractivity contribution >= 4 is 11.6 Å². The van der Waals surface area contributed by atoms with Crippen LogP contribution in [-0.4, -0.2) is 18.0 Å². The Kier molecular flexibility index (Phi) is 5.18. The van der Waals surface area contributed by atoms with Crippen LogP contribution in [0.3, 0.4) is 0 Å². The number of carbonyl (C=O) groups excluding carboxylic acids is 1. The van der Waals surface area contributed by atoms with Gasteiger partial charge in [-0.05, 0) is 50.3 Å². The van der Waals surface area contributed by atoms with Crippen molar-refractivity contribution in [1.29, 1.82) is 0 Å². The molecule has 0 spiro atoms. The van der Waals surface area contributed by atoms with Gasteiger partial charge in [0.2, 0.25) is 5.91 Å². The van der Waals surface area contributed by atoms with E-state index in [1.165, 1.54) is 25.7 Å². The quantitative estimate of drug-likeness (QED) is 0.882. The summed E-state index contributed by atoms with van der Waals surface area (Å²) < 4.78 is 0. The molecule has 1 aromatic carbocycles. The molecule has 0 aliphatic heterocycles. The lowest BCUT2D eigenvalue weighted by atomic mass is 9.85. The van der Waals surface area contributed by atoms with E-state index in [1.807, 2.05) is 38.1 Å². The van der Waals surface area contributed by atoms with Crippen LogP contribution in [0.1, 0.15) is 45.1 Å². The molecular formula is C17H26N2O. The van der Waals surface area contributed by atoms with Crippen LogP contribution in [0.5, 0.6) is 0 Å². The lowest BCUT2D eigenvalue weighted by molar-refractivity contribution is -0.118. The zero-order valence-corrected chi connectivity index (χ0v) is 12.8. The molecule has 3 atom stereocenters. The van der Waals surface area contributed by atoms with Gasteiger partial charge in [0.1, 0.15) is 0 Å². The van der Waals surface area contributed by atoms with Gasteiger partial charge in [-0.3, -0.25) is 4.79 Å². The SMILES string of the molecule is Cc1cccc(NC(=O)[C@H](C)N[C@H]2CCCC[C@@H]2C)c1. The lowest BCUT2D eigenvalue weighted by Gasteiger charge is -2.31. The molecular weight excluding hydrogens is 248 g/mol. The summed E-state index contributed by atoms with van der Waals surface area (Å²) >= 11 is 0. The number of aryl methyl sites for hydroxylation is 1. The van der Waals surface area contributed by atoms with E-state index in [4.69, 9.17) is 0 Å². The monoisotopic (exact) mass is 274 g/mol. The van der Waals surface area contributed by atoms with E-state index in [9.17, 15) is 4.79 Å². The van der Waals surface area contributed by atoms with Crippen LogP contribution in [-0.2, 0) is 4.79 Å². The van der Waals surface area contributed by atoms with Crippen molar-refractivity contribution in [2.45, 2.75) is 58.5 Å². The second kappa shape index (κ2) is 6.89. The third-order valence-corrected chi connectivity index (χ3v) is 4.25. The Morgan fingerprint density at radius 3 is 2.75 bits per heavy atom. The van der Waals surface area contributed by atoms with Crippen LogP contribution in [0.15, 0.2) is 24.3 Å². The Bertz CT molecular complexity index is 458. The average Bonchev–Trinajstić information content (AvgIpc) is 2.41. The molecule has 0 unspecified atom stereocenters. The van der Waals surface area contributed by atoms with Crippen molar-refractivity contribution in [3.63, 3.8) is 0 Å². The predicted octanol–water partition coefficient (Wildman–Crippen LogP) is 3.49. The molecule has 0 saturated heterocycles. The van der Waals surface area contributed by atoms with Crippen molar-refractivity contribution in [3.8, 4) is 0 Å². The molecule has 0 bridgehead atoms. The van der Waals surface area contributed by atoms with Crippen LogP contribution < -0.4 is 10.6 Å². The number of carbonyl (C=O) groups is 1. The standard InChI is InChI=1S/C17H26N2O/c1-12-7-6-9-15(11-12)19-17(20)14(3)18-16-10-5-4-8-13(16)2/h6-7,9,11,13-14,16,18H,4-5,8,10H2,1-3H3,(H,19,20)/t13-,14-,16-/m0/s1. The van der Waals surface area contributed by atoms with Gasteiger partial charge in [0.15, 0.2) is 0 Å². The van der Waals surface area contributed by atoms with Crippen LogP contribution in [0.25, 0.3) is 0 Å². The van der Waals surface area contributed by atoms with Gasteiger partial charge >= 0.3 is 0 Å². The first-order chi connectivity index (χ1) is 9.56. The van der Waals surface area contributed by atoms with Gasteiger partial charge in [-0.2, -0.15) is 0 Å². The molecule has 1 aromatic rings. The molecule has 3 heteroatoms. The Morgan fingerprint density at radius 2 is 2.05 bits per heavy atom. The average molecular weight is 274 g/mol. The van der Waals surface area contributed by atoms with Gasteiger partial charge in [-0.1, -0.05) is 31.9 Å². The van der Waals surface area contributed by atoms with Crippen LogP contribution in [0.4, 0.5) is 5.69 Å². The number of anilines is 1. The molecule has 0 aromatic heterocycles. The molecule has 0 heterocycles. The molecule has 3 nitrogen and oxygen atoms in total. The second-order valence-corrected chi connectivity index (χ2v) is 6.12. The highest BCUT2D eigenvalue weighted by Gasteiger charge is 2.24. The number of hydrogen-bond donors (Lipinski definition) is 2. The van der Waals surface area contributed by atoms with E-state index in [0.29, 0.717) is 12.0 Å². The summed E-state index contributed by atoms with van der Waals surface area (Å²) in [6.07, 6.45) is 5.05. The molecule has 1 amide bonds. The van der Waals surface area contributed by atoms with Gasteiger partial charge in [-0.15, -0.1) is 0 Å². The maximum Gasteiger partial charge on any atom is 0.241 e. The first kappa shape index (κ1) is 15.0. The van der Waals surface area contributed by atoms with Crippen molar-refractivity contribution in [3.05, 3.63) is 29.8 Å². The fourth-order valence-electron chi connectivity index (χ4n) is 2.93. The summed E-state index contributed by atoms with van der Waals surface area (Å²) in [5, 5.41) is 6.48. The zero-order valence-electron chi connectivity index (χ0n) is 12.8. The highest BCUT2D eigenvalue weighted by molar-refractivity contribution is 5.94. The topological polar surface area (TPSA) is 41.1 Å². The second-order valence-electron chi connectivity index (χ2n) is 6.12. The molecule has 20 heavy (non-hydrogen) atoms. The fourth-order valence-corrected chi connectivity index (χ4v) is 2.93. The zero-order chi connectivity index (χ0) is 14.5. The largest absolute Gasteiger partial charge is 0.325 e. The van der Waals surface area contributed by atoms with Gasteiger partial charge in [0, 0.05) is 11.7 Å². The third-order valence-electron chi connectivity index (χ3n) is 4.25. The minimum absolute atomic E-state index is 0.0494. The minimum Gasteiger partial charge on any atom is -0.325 e.